The van der Waals surface area contributed by atoms with Crippen LogP contribution in [-0.2, 0) is 0 Å². The van der Waals surface area contributed by atoms with Crippen LogP contribution in [0.1, 0.15) is 11.6 Å². The number of rotatable bonds is 3. The fraction of sp³-hybridized carbons (Fsp3) is 0.250. The van der Waals surface area contributed by atoms with Gasteiger partial charge < -0.3 is 16.6 Å². The van der Waals surface area contributed by atoms with Gasteiger partial charge in [-0.25, -0.2) is 0 Å². The second kappa shape index (κ2) is 4.03. The van der Waals surface area contributed by atoms with Crippen LogP contribution < -0.4 is 11.5 Å². The van der Waals surface area contributed by atoms with E-state index in [2.05, 4.69) is 0 Å². The number of nitro benzene ring substituents is 1. The van der Waals surface area contributed by atoms with Gasteiger partial charge in [0.25, 0.3) is 5.69 Å². The number of non-ortho nitro benzene ring substituents is 1. The summed E-state index contributed by atoms with van der Waals surface area (Å²) in [6.07, 6.45) is 0. The zero-order valence-electron chi connectivity index (χ0n) is 7.38. The summed E-state index contributed by atoms with van der Waals surface area (Å²) in [4.78, 5) is 9.91. The van der Waals surface area contributed by atoms with Gasteiger partial charge in [-0.05, 0) is 11.6 Å². The van der Waals surface area contributed by atoms with Crippen LogP contribution in [0.5, 0.6) is 0 Å². The van der Waals surface area contributed by atoms with Crippen molar-refractivity contribution >= 4 is 11.4 Å². The monoisotopic (exact) mass is 197 g/mol. The summed E-state index contributed by atoms with van der Waals surface area (Å²) in [5.74, 6) is 0. The van der Waals surface area contributed by atoms with Crippen LogP contribution in [0.15, 0.2) is 18.2 Å². The first-order valence-corrected chi connectivity index (χ1v) is 3.96. The van der Waals surface area contributed by atoms with Gasteiger partial charge in [-0.1, -0.05) is 0 Å². The van der Waals surface area contributed by atoms with Gasteiger partial charge in [0, 0.05) is 17.8 Å². The Labute approximate surface area is 80.3 Å². The Morgan fingerprint density at radius 3 is 2.64 bits per heavy atom. The maximum Gasteiger partial charge on any atom is 0.271 e. The minimum atomic E-state index is -0.641. The normalized spacial score (nSPS) is 12.4. The lowest BCUT2D eigenvalue weighted by Gasteiger charge is -2.08. The zero-order chi connectivity index (χ0) is 10.7. The highest BCUT2D eigenvalue weighted by Gasteiger charge is 2.12. The van der Waals surface area contributed by atoms with Crippen molar-refractivity contribution in [3.8, 4) is 0 Å². The van der Waals surface area contributed by atoms with Gasteiger partial charge in [0.15, 0.2) is 0 Å². The molecule has 14 heavy (non-hydrogen) atoms. The summed E-state index contributed by atoms with van der Waals surface area (Å²) in [5.41, 5.74) is 11.6. The third-order valence-corrected chi connectivity index (χ3v) is 1.80. The molecule has 0 aliphatic rings. The third-order valence-electron chi connectivity index (χ3n) is 1.80. The predicted molar refractivity (Wildman–Crippen MR) is 51.5 cm³/mol. The van der Waals surface area contributed by atoms with Crippen molar-refractivity contribution < 1.29 is 10.0 Å². The molecule has 1 aromatic rings. The molecular formula is C8H11N3O3. The van der Waals surface area contributed by atoms with Gasteiger partial charge in [0.2, 0.25) is 0 Å². The van der Waals surface area contributed by atoms with E-state index in [1.165, 1.54) is 18.2 Å². The number of benzene rings is 1. The summed E-state index contributed by atoms with van der Waals surface area (Å²) in [6.45, 7) is -0.277. The van der Waals surface area contributed by atoms with Crippen molar-refractivity contribution in [2.24, 2.45) is 5.73 Å². The van der Waals surface area contributed by atoms with Gasteiger partial charge in [0.1, 0.15) is 0 Å². The fourth-order valence-corrected chi connectivity index (χ4v) is 1.08. The van der Waals surface area contributed by atoms with E-state index in [1.807, 2.05) is 0 Å². The quantitative estimate of drug-likeness (QED) is 0.363. The Kier molecular flexibility index (Phi) is 3.00. The van der Waals surface area contributed by atoms with E-state index >= 15 is 0 Å². The highest BCUT2D eigenvalue weighted by molar-refractivity contribution is 5.51. The third kappa shape index (κ3) is 2.18. The molecule has 0 radical (unpaired) electrons. The van der Waals surface area contributed by atoms with Gasteiger partial charge in [0.05, 0.1) is 17.6 Å². The number of nitrogen functional groups attached to an aromatic ring is 1. The molecule has 1 unspecified atom stereocenters. The van der Waals surface area contributed by atoms with Crippen molar-refractivity contribution in [1.82, 2.24) is 0 Å². The Morgan fingerprint density at radius 1 is 1.50 bits per heavy atom. The number of nitrogens with zero attached hydrogens (tertiary/aromatic N) is 1. The molecule has 0 saturated heterocycles. The van der Waals surface area contributed by atoms with E-state index in [0.29, 0.717) is 5.56 Å². The molecule has 1 atom stereocenters. The van der Waals surface area contributed by atoms with E-state index in [-0.39, 0.29) is 18.0 Å². The first-order chi connectivity index (χ1) is 6.54. The van der Waals surface area contributed by atoms with Crippen molar-refractivity contribution in [1.29, 1.82) is 0 Å². The van der Waals surface area contributed by atoms with Gasteiger partial charge in [-0.3, -0.25) is 10.1 Å². The summed E-state index contributed by atoms with van der Waals surface area (Å²) < 4.78 is 0. The van der Waals surface area contributed by atoms with Crippen molar-refractivity contribution in [3.63, 3.8) is 0 Å². The molecule has 0 aliphatic heterocycles. The highest BCUT2D eigenvalue weighted by atomic mass is 16.6. The molecule has 76 valence electrons. The first-order valence-electron chi connectivity index (χ1n) is 3.96. The molecule has 0 aromatic heterocycles. The second-order valence-electron chi connectivity index (χ2n) is 2.90. The van der Waals surface area contributed by atoms with Crippen molar-refractivity contribution in [2.75, 3.05) is 12.3 Å². The van der Waals surface area contributed by atoms with Crippen molar-refractivity contribution in [2.45, 2.75) is 6.04 Å². The largest absolute Gasteiger partial charge is 0.399 e. The SMILES string of the molecule is Nc1cc(C(N)CO)cc([N+](=O)[O-])c1. The molecule has 6 nitrogen and oxygen atoms in total. The fourth-order valence-electron chi connectivity index (χ4n) is 1.08. The van der Waals surface area contributed by atoms with Crippen LogP contribution >= 0.6 is 0 Å². The smallest absolute Gasteiger partial charge is 0.271 e. The maximum atomic E-state index is 10.5. The highest BCUT2D eigenvalue weighted by Crippen LogP contribution is 2.21. The molecule has 0 saturated carbocycles. The van der Waals surface area contributed by atoms with Crippen LogP contribution in [0.2, 0.25) is 0 Å². The Hall–Kier alpha value is -1.66. The molecule has 0 spiro atoms. The van der Waals surface area contributed by atoms with Gasteiger partial charge >= 0.3 is 0 Å². The zero-order valence-corrected chi connectivity index (χ0v) is 7.38. The predicted octanol–water partition coefficient (Wildman–Crippen LogP) is 0.169. The summed E-state index contributed by atoms with van der Waals surface area (Å²) in [5, 5.41) is 19.2. The number of hydrogen-bond donors (Lipinski definition) is 3. The molecule has 1 rings (SSSR count). The number of aliphatic hydroxyl groups is 1. The van der Waals surface area contributed by atoms with Crippen LogP contribution in [0, 0.1) is 10.1 Å². The number of nitro groups is 1. The minimum absolute atomic E-state index is 0.121. The molecule has 0 aliphatic carbocycles. The molecule has 0 amide bonds. The lowest BCUT2D eigenvalue weighted by atomic mass is 10.1. The molecule has 1 aromatic carbocycles. The van der Waals surface area contributed by atoms with E-state index in [9.17, 15) is 10.1 Å². The van der Waals surface area contributed by atoms with E-state index in [0.717, 1.165) is 0 Å². The molecule has 5 N–H and O–H groups in total. The van der Waals surface area contributed by atoms with E-state index in [1.54, 1.807) is 0 Å². The first kappa shape index (κ1) is 10.4. The van der Waals surface area contributed by atoms with Crippen LogP contribution in [0.4, 0.5) is 11.4 Å². The second-order valence-corrected chi connectivity index (χ2v) is 2.90. The standard InChI is InChI=1S/C8H11N3O3/c9-6-1-5(8(10)4-12)2-7(3-6)11(13)14/h1-3,8,12H,4,9-10H2. The maximum absolute atomic E-state index is 10.5. The molecule has 0 bridgehead atoms. The van der Waals surface area contributed by atoms with Gasteiger partial charge in [-0.15, -0.1) is 0 Å². The van der Waals surface area contributed by atoms with Crippen LogP contribution in [-0.4, -0.2) is 16.6 Å². The van der Waals surface area contributed by atoms with E-state index in [4.69, 9.17) is 16.6 Å². The average Bonchev–Trinajstić information content (AvgIpc) is 2.15. The van der Waals surface area contributed by atoms with E-state index < -0.39 is 11.0 Å². The Balaban J connectivity index is 3.13. The van der Waals surface area contributed by atoms with Crippen LogP contribution in [0.3, 0.4) is 0 Å². The number of aliphatic hydroxyl groups excluding tert-OH is 1. The van der Waals surface area contributed by atoms with Crippen molar-refractivity contribution in [3.05, 3.63) is 33.9 Å². The lowest BCUT2D eigenvalue weighted by Crippen LogP contribution is -2.14. The minimum Gasteiger partial charge on any atom is -0.399 e. The molecular weight excluding hydrogens is 186 g/mol. The molecule has 6 heteroatoms. The Morgan fingerprint density at radius 2 is 2.14 bits per heavy atom. The molecule has 0 heterocycles. The summed E-state index contributed by atoms with van der Waals surface area (Å²) in [7, 11) is 0. The summed E-state index contributed by atoms with van der Waals surface area (Å²) >= 11 is 0. The topological polar surface area (TPSA) is 115 Å². The number of hydrogen-bond acceptors (Lipinski definition) is 5. The number of nitrogens with two attached hydrogens (primary N) is 2. The Bertz CT molecular complexity index is 354. The lowest BCUT2D eigenvalue weighted by molar-refractivity contribution is -0.384. The summed E-state index contributed by atoms with van der Waals surface area (Å²) in [6, 6.07) is 3.41. The number of anilines is 1. The average molecular weight is 197 g/mol. The van der Waals surface area contributed by atoms with Gasteiger partial charge in [-0.2, -0.15) is 0 Å². The molecule has 0 fully saturated rings. The van der Waals surface area contributed by atoms with Crippen LogP contribution in [0.25, 0.3) is 0 Å².